The Labute approximate surface area is 130 Å². The Morgan fingerprint density at radius 2 is 2.00 bits per heavy atom. The molecule has 3 N–H and O–H groups in total. The highest BCUT2D eigenvalue weighted by molar-refractivity contribution is 6.10. The third kappa shape index (κ3) is 1.52. The Morgan fingerprint density at radius 3 is 2.77 bits per heavy atom. The molecule has 3 heteroatoms. The van der Waals surface area contributed by atoms with Crippen LogP contribution in [0.15, 0.2) is 24.4 Å². The van der Waals surface area contributed by atoms with Crippen LogP contribution in [0.5, 0.6) is 0 Å². The van der Waals surface area contributed by atoms with Gasteiger partial charge in [0, 0.05) is 34.7 Å². The first-order chi connectivity index (χ1) is 10.7. The van der Waals surface area contributed by atoms with Gasteiger partial charge in [0.2, 0.25) is 0 Å². The lowest BCUT2D eigenvalue weighted by Gasteiger charge is -2.59. The number of carbonyl (C=O) groups is 1. The number of fused-ring (bicyclic) bond motifs is 1. The maximum Gasteiger partial charge on any atom is 0.172 e. The molecule has 1 heterocycles. The van der Waals surface area contributed by atoms with E-state index in [-0.39, 0.29) is 17.2 Å². The molecule has 0 saturated heterocycles. The molecule has 3 unspecified atom stereocenters. The quantitative estimate of drug-likeness (QED) is 0.835. The standard InChI is InChI=1S/C19H21N2O/c20-17-14-7-11-6-12(8-14)10-19(17,9-11)18(22)15-3-1-2-13-4-5-21-16(13)15/h1-3,5,11-12,14,17,21H,6-10,20H2. The van der Waals surface area contributed by atoms with Crippen molar-refractivity contribution in [2.45, 2.75) is 38.1 Å². The molecule has 3 nitrogen and oxygen atoms in total. The van der Waals surface area contributed by atoms with Crippen LogP contribution < -0.4 is 5.73 Å². The number of para-hydroxylation sites is 1. The Bertz CT molecular complexity index is 748. The molecule has 6 rings (SSSR count). The molecule has 0 aliphatic heterocycles. The predicted molar refractivity (Wildman–Crippen MR) is 85.4 cm³/mol. The summed E-state index contributed by atoms with van der Waals surface area (Å²) in [6.07, 6.45) is 7.60. The molecule has 4 aliphatic carbocycles. The number of hydrogen-bond donors (Lipinski definition) is 2. The highest BCUT2D eigenvalue weighted by Crippen LogP contribution is 2.60. The van der Waals surface area contributed by atoms with Gasteiger partial charge >= 0.3 is 0 Å². The number of hydrogen-bond acceptors (Lipinski definition) is 2. The number of ketones is 1. The molecule has 0 amide bonds. The summed E-state index contributed by atoms with van der Waals surface area (Å²) in [5.74, 6) is 2.27. The second-order valence-corrected chi connectivity index (χ2v) is 7.78. The highest BCUT2D eigenvalue weighted by atomic mass is 16.1. The minimum atomic E-state index is -0.311. The van der Waals surface area contributed by atoms with E-state index < -0.39 is 0 Å². The molecule has 4 fully saturated rings. The van der Waals surface area contributed by atoms with E-state index in [1.54, 1.807) is 6.20 Å². The molecule has 4 saturated carbocycles. The molecule has 4 bridgehead atoms. The number of benzene rings is 1. The maximum absolute atomic E-state index is 13.5. The maximum atomic E-state index is 13.5. The van der Waals surface area contributed by atoms with Crippen molar-refractivity contribution < 1.29 is 4.79 Å². The zero-order chi connectivity index (χ0) is 14.9. The minimum Gasteiger partial charge on any atom is -0.360 e. The van der Waals surface area contributed by atoms with Crippen molar-refractivity contribution in [3.05, 3.63) is 36.0 Å². The van der Waals surface area contributed by atoms with Crippen molar-refractivity contribution in [3.8, 4) is 0 Å². The number of rotatable bonds is 2. The van der Waals surface area contributed by atoms with Crippen LogP contribution in [-0.2, 0) is 0 Å². The van der Waals surface area contributed by atoms with Gasteiger partial charge in [-0.2, -0.15) is 0 Å². The second kappa shape index (κ2) is 4.23. The molecule has 1 aromatic heterocycles. The van der Waals surface area contributed by atoms with Gasteiger partial charge in [-0.15, -0.1) is 0 Å². The summed E-state index contributed by atoms with van der Waals surface area (Å²) in [4.78, 5) is 16.7. The molecule has 22 heavy (non-hydrogen) atoms. The molecule has 2 aromatic rings. The number of nitrogens with one attached hydrogen (secondary N) is 1. The molecule has 1 radical (unpaired) electrons. The first kappa shape index (κ1) is 12.9. The fourth-order valence-electron chi connectivity index (χ4n) is 5.89. The van der Waals surface area contributed by atoms with Gasteiger partial charge in [0.25, 0.3) is 0 Å². The summed E-state index contributed by atoms with van der Waals surface area (Å²) >= 11 is 0. The van der Waals surface area contributed by atoms with Crippen LogP contribution in [0.4, 0.5) is 0 Å². The van der Waals surface area contributed by atoms with E-state index in [1.165, 1.54) is 19.3 Å². The van der Waals surface area contributed by atoms with Crippen LogP contribution >= 0.6 is 0 Å². The lowest BCUT2D eigenvalue weighted by atomic mass is 9.46. The van der Waals surface area contributed by atoms with Gasteiger partial charge in [0.1, 0.15) is 0 Å². The lowest BCUT2D eigenvalue weighted by Crippen LogP contribution is -2.62. The summed E-state index contributed by atoms with van der Waals surface area (Å²) in [5.41, 5.74) is 8.05. The fraction of sp³-hybridized carbons (Fsp3) is 0.526. The van der Waals surface area contributed by atoms with Gasteiger partial charge in [0.15, 0.2) is 5.78 Å². The summed E-state index contributed by atoms with van der Waals surface area (Å²) in [5, 5.41) is 0.990. The van der Waals surface area contributed by atoms with Crippen LogP contribution in [0.2, 0.25) is 0 Å². The number of nitrogens with two attached hydrogens (primary N) is 1. The molecule has 3 atom stereocenters. The average molecular weight is 293 g/mol. The van der Waals surface area contributed by atoms with Gasteiger partial charge in [0.05, 0.1) is 5.52 Å². The van der Waals surface area contributed by atoms with E-state index in [0.29, 0.717) is 5.92 Å². The minimum absolute atomic E-state index is 0.0435. The number of aromatic amines is 1. The van der Waals surface area contributed by atoms with Crippen LogP contribution in [0.3, 0.4) is 0 Å². The third-order valence-electron chi connectivity index (χ3n) is 6.60. The van der Waals surface area contributed by atoms with Gasteiger partial charge in [-0.05, 0) is 55.9 Å². The van der Waals surface area contributed by atoms with Gasteiger partial charge < -0.3 is 10.7 Å². The average Bonchev–Trinajstić information content (AvgIpc) is 2.99. The number of Topliss-reactive ketones (excluding diaryl/α,β-unsaturated/α-hetero) is 1. The fourth-order valence-corrected chi connectivity index (χ4v) is 5.89. The van der Waals surface area contributed by atoms with Crippen LogP contribution in [0, 0.1) is 29.2 Å². The van der Waals surface area contributed by atoms with Gasteiger partial charge in [-0.3, -0.25) is 4.79 Å². The van der Waals surface area contributed by atoms with Crippen molar-refractivity contribution in [2.24, 2.45) is 28.9 Å². The van der Waals surface area contributed by atoms with E-state index in [9.17, 15) is 4.79 Å². The first-order valence-corrected chi connectivity index (χ1v) is 8.45. The first-order valence-electron chi connectivity index (χ1n) is 8.45. The Balaban J connectivity index is 1.64. The smallest absolute Gasteiger partial charge is 0.172 e. The molecule has 4 aliphatic rings. The number of aromatic nitrogens is 1. The zero-order valence-corrected chi connectivity index (χ0v) is 12.6. The van der Waals surface area contributed by atoms with E-state index in [2.05, 4.69) is 11.1 Å². The molecular formula is C19H21N2O. The topological polar surface area (TPSA) is 58.9 Å². The lowest BCUT2D eigenvalue weighted by molar-refractivity contribution is -0.0520. The van der Waals surface area contributed by atoms with Crippen molar-refractivity contribution >= 4 is 16.7 Å². The van der Waals surface area contributed by atoms with Gasteiger partial charge in [-0.25, -0.2) is 0 Å². The Kier molecular flexibility index (Phi) is 2.48. The van der Waals surface area contributed by atoms with E-state index >= 15 is 0 Å². The van der Waals surface area contributed by atoms with Crippen LogP contribution in [0.1, 0.15) is 42.5 Å². The highest BCUT2D eigenvalue weighted by Gasteiger charge is 2.59. The molecule has 113 valence electrons. The summed E-state index contributed by atoms with van der Waals surface area (Å²) < 4.78 is 0. The van der Waals surface area contributed by atoms with E-state index in [4.69, 9.17) is 5.73 Å². The monoisotopic (exact) mass is 293 g/mol. The molecular weight excluding hydrogens is 272 g/mol. The molecule has 0 spiro atoms. The zero-order valence-electron chi connectivity index (χ0n) is 12.6. The summed E-state index contributed by atoms with van der Waals surface area (Å²) in [6.45, 7) is 0. The van der Waals surface area contributed by atoms with E-state index in [1.807, 2.05) is 18.2 Å². The second-order valence-electron chi connectivity index (χ2n) is 7.78. The van der Waals surface area contributed by atoms with E-state index in [0.717, 1.165) is 41.1 Å². The third-order valence-corrected chi connectivity index (χ3v) is 6.60. The van der Waals surface area contributed by atoms with Crippen LogP contribution in [-0.4, -0.2) is 16.8 Å². The van der Waals surface area contributed by atoms with Gasteiger partial charge in [-0.1, -0.05) is 12.1 Å². The number of carbonyl (C=O) groups excluding carboxylic acids is 1. The number of H-pyrrole nitrogens is 1. The molecule has 1 aromatic carbocycles. The predicted octanol–water partition coefficient (Wildman–Crippen LogP) is 3.30. The Morgan fingerprint density at radius 1 is 1.23 bits per heavy atom. The summed E-state index contributed by atoms with van der Waals surface area (Å²) in [7, 11) is 0. The summed E-state index contributed by atoms with van der Waals surface area (Å²) in [6, 6.07) is 9.13. The van der Waals surface area contributed by atoms with Crippen molar-refractivity contribution in [3.63, 3.8) is 0 Å². The SMILES string of the molecule is NC1C2CC3CC(C2)CC1(C(=O)c1cccc2[c]c[nH]c12)C3. The van der Waals surface area contributed by atoms with Crippen molar-refractivity contribution in [1.82, 2.24) is 4.98 Å². The van der Waals surface area contributed by atoms with Crippen molar-refractivity contribution in [1.29, 1.82) is 0 Å². The van der Waals surface area contributed by atoms with Crippen molar-refractivity contribution in [2.75, 3.05) is 0 Å². The Hall–Kier alpha value is -1.61. The van der Waals surface area contributed by atoms with Crippen LogP contribution in [0.25, 0.3) is 10.9 Å². The normalized spacial score (nSPS) is 39.5. The largest absolute Gasteiger partial charge is 0.360 e.